The van der Waals surface area contributed by atoms with Crippen LogP contribution in [0.1, 0.15) is 81.1 Å². The van der Waals surface area contributed by atoms with Crippen LogP contribution in [0.5, 0.6) is 0 Å². The van der Waals surface area contributed by atoms with E-state index in [2.05, 4.69) is 0 Å². The van der Waals surface area contributed by atoms with Gasteiger partial charge in [-0.15, -0.1) is 0 Å². The lowest BCUT2D eigenvalue weighted by atomic mass is 9.70. The van der Waals surface area contributed by atoms with Crippen molar-refractivity contribution in [3.05, 3.63) is 0 Å². The van der Waals surface area contributed by atoms with Crippen molar-refractivity contribution in [2.75, 3.05) is 0 Å². The predicted octanol–water partition coefficient (Wildman–Crippen LogP) is 4.38. The van der Waals surface area contributed by atoms with Crippen molar-refractivity contribution in [1.82, 2.24) is 0 Å². The number of aliphatic carboxylic acids is 1. The number of carbonyl (C=O) groups is 2. The predicted molar refractivity (Wildman–Crippen MR) is 98.9 cm³/mol. The number of cyclic esters (lactones) is 2. The second kappa shape index (κ2) is 7.37. The molecule has 1 aliphatic heterocycles. The third kappa shape index (κ3) is 7.14. The van der Waals surface area contributed by atoms with Crippen LogP contribution in [0.4, 0.5) is 4.79 Å². The first-order valence-electron chi connectivity index (χ1n) is 9.26. The van der Waals surface area contributed by atoms with Gasteiger partial charge in [0, 0.05) is 0 Å². The number of rotatable bonds is 9. The Hall–Kier alpha value is -1.30. The van der Waals surface area contributed by atoms with E-state index in [1.54, 1.807) is 27.7 Å². The van der Waals surface area contributed by atoms with Gasteiger partial charge in [-0.1, -0.05) is 27.7 Å². The molecule has 1 rings (SSSR count). The van der Waals surface area contributed by atoms with Crippen LogP contribution in [-0.2, 0) is 14.3 Å². The van der Waals surface area contributed by atoms with Gasteiger partial charge < -0.3 is 19.7 Å². The number of carbonyl (C=O) groups excluding carboxylic acids is 1. The summed E-state index contributed by atoms with van der Waals surface area (Å²) in [4.78, 5) is 23.2. The summed E-state index contributed by atoms with van der Waals surface area (Å²) in [6.45, 7) is 15.0. The van der Waals surface area contributed by atoms with Crippen molar-refractivity contribution in [3.8, 4) is 0 Å². The van der Waals surface area contributed by atoms with Gasteiger partial charge in [-0.05, 0) is 64.2 Å². The minimum Gasteiger partial charge on any atom is -0.481 e. The summed E-state index contributed by atoms with van der Waals surface area (Å²) < 4.78 is 10.8. The summed E-state index contributed by atoms with van der Waals surface area (Å²) in [6.07, 6.45) is 0.645. The molecule has 0 bridgehead atoms. The Bertz CT molecular complexity index is 527. The number of aliphatic hydroxyl groups is 1. The van der Waals surface area contributed by atoms with Crippen molar-refractivity contribution in [1.29, 1.82) is 0 Å². The average Bonchev–Trinajstić information content (AvgIpc) is 2.62. The largest absolute Gasteiger partial charge is 0.509 e. The van der Waals surface area contributed by atoms with Gasteiger partial charge in [0.15, 0.2) is 0 Å². The summed E-state index contributed by atoms with van der Waals surface area (Å²) in [5.74, 6) is -0.840. The van der Waals surface area contributed by atoms with Crippen LogP contribution < -0.4 is 0 Å². The minimum atomic E-state index is -0.858. The van der Waals surface area contributed by atoms with Crippen molar-refractivity contribution in [2.45, 2.75) is 98.9 Å². The SMILES string of the molecule is CC(C)(O)CC(C)(C)CC1OC(=O)OC1CC(C)(C)CC(C)(C)C(=O)O. The van der Waals surface area contributed by atoms with E-state index >= 15 is 0 Å². The van der Waals surface area contributed by atoms with Crippen molar-refractivity contribution < 1.29 is 29.3 Å². The van der Waals surface area contributed by atoms with Crippen LogP contribution >= 0.6 is 0 Å². The van der Waals surface area contributed by atoms with Crippen LogP contribution in [0, 0.1) is 16.2 Å². The Labute approximate surface area is 157 Å². The highest BCUT2D eigenvalue weighted by atomic mass is 16.8. The number of carboxylic acids is 1. The minimum absolute atomic E-state index is 0.236. The highest BCUT2D eigenvalue weighted by Crippen LogP contribution is 2.42. The second-order valence-electron chi connectivity index (χ2n) is 10.7. The first-order valence-corrected chi connectivity index (χ1v) is 9.26. The summed E-state index contributed by atoms with van der Waals surface area (Å²) in [5.41, 5.74) is -2.24. The van der Waals surface area contributed by atoms with Gasteiger partial charge in [0.2, 0.25) is 0 Å². The first kappa shape index (κ1) is 22.7. The molecule has 6 heteroatoms. The lowest BCUT2D eigenvalue weighted by Gasteiger charge is -2.36. The normalized spacial score (nSPS) is 22.1. The third-order valence-electron chi connectivity index (χ3n) is 4.83. The van der Waals surface area contributed by atoms with Crippen LogP contribution in [-0.4, -0.2) is 40.1 Å². The van der Waals surface area contributed by atoms with Crippen LogP contribution in [0.25, 0.3) is 0 Å². The van der Waals surface area contributed by atoms with Gasteiger partial charge in [-0.2, -0.15) is 0 Å². The molecule has 0 aliphatic carbocycles. The van der Waals surface area contributed by atoms with E-state index in [4.69, 9.17) is 9.47 Å². The van der Waals surface area contributed by atoms with Gasteiger partial charge >= 0.3 is 12.1 Å². The number of ether oxygens (including phenoxy) is 2. The molecule has 1 fully saturated rings. The zero-order valence-corrected chi connectivity index (χ0v) is 17.5. The molecule has 26 heavy (non-hydrogen) atoms. The molecule has 1 saturated heterocycles. The Morgan fingerprint density at radius 3 is 1.62 bits per heavy atom. The zero-order chi connectivity index (χ0) is 20.6. The van der Waals surface area contributed by atoms with Gasteiger partial charge in [0.1, 0.15) is 12.2 Å². The summed E-state index contributed by atoms with van der Waals surface area (Å²) in [6, 6.07) is 0. The maximum Gasteiger partial charge on any atom is 0.509 e. The second-order valence-corrected chi connectivity index (χ2v) is 10.7. The van der Waals surface area contributed by atoms with Crippen molar-refractivity contribution in [3.63, 3.8) is 0 Å². The molecule has 0 aromatic rings. The molecule has 0 amide bonds. The molecule has 6 nitrogen and oxygen atoms in total. The van der Waals surface area contributed by atoms with Gasteiger partial charge in [0.05, 0.1) is 11.0 Å². The van der Waals surface area contributed by atoms with Crippen molar-refractivity contribution >= 4 is 12.1 Å². The summed E-state index contributed by atoms with van der Waals surface area (Å²) in [5, 5.41) is 19.5. The van der Waals surface area contributed by atoms with Crippen LogP contribution in [0.2, 0.25) is 0 Å². The maximum atomic E-state index is 11.7. The molecule has 1 heterocycles. The zero-order valence-electron chi connectivity index (χ0n) is 17.5. The monoisotopic (exact) mass is 372 g/mol. The van der Waals surface area contributed by atoms with Crippen LogP contribution in [0.3, 0.4) is 0 Å². The molecule has 152 valence electrons. The molecule has 0 radical (unpaired) electrons. The summed E-state index contributed by atoms with van der Waals surface area (Å²) >= 11 is 0. The lowest BCUT2D eigenvalue weighted by Crippen LogP contribution is -2.37. The molecule has 2 atom stereocenters. The fourth-order valence-electron chi connectivity index (χ4n) is 4.45. The van der Waals surface area contributed by atoms with E-state index < -0.39 is 35.3 Å². The average molecular weight is 373 g/mol. The van der Waals surface area contributed by atoms with Gasteiger partial charge in [-0.25, -0.2) is 4.79 Å². The summed E-state index contributed by atoms with van der Waals surface area (Å²) in [7, 11) is 0. The van der Waals surface area contributed by atoms with E-state index in [0.717, 1.165) is 0 Å². The quantitative estimate of drug-likeness (QED) is 0.583. The highest BCUT2D eigenvalue weighted by Gasteiger charge is 2.45. The van der Waals surface area contributed by atoms with Crippen molar-refractivity contribution in [2.24, 2.45) is 16.2 Å². The molecular weight excluding hydrogens is 336 g/mol. The van der Waals surface area contributed by atoms with E-state index in [1.807, 2.05) is 27.7 Å². The number of carboxylic acid groups (broad SMARTS) is 1. The first-order chi connectivity index (χ1) is 11.4. The number of hydrogen-bond acceptors (Lipinski definition) is 5. The standard InChI is InChI=1S/C20H36O6/c1-17(2,11-19(5,6)15(21)22)9-13-14(26-16(23)25-13)10-18(3,4)12-20(7,8)24/h13-14,24H,9-12H2,1-8H3,(H,21,22). The van der Waals surface area contributed by atoms with E-state index in [9.17, 15) is 19.8 Å². The van der Waals surface area contributed by atoms with E-state index in [1.165, 1.54) is 0 Å². The van der Waals surface area contributed by atoms with E-state index in [-0.39, 0.29) is 10.8 Å². The smallest absolute Gasteiger partial charge is 0.481 e. The lowest BCUT2D eigenvalue weighted by molar-refractivity contribution is -0.149. The molecule has 0 spiro atoms. The Kier molecular flexibility index (Phi) is 6.45. The van der Waals surface area contributed by atoms with E-state index in [0.29, 0.717) is 25.7 Å². The fourth-order valence-corrected chi connectivity index (χ4v) is 4.45. The Balaban J connectivity index is 2.83. The Morgan fingerprint density at radius 2 is 1.27 bits per heavy atom. The molecule has 2 N–H and O–H groups in total. The molecule has 2 unspecified atom stereocenters. The molecular formula is C20H36O6. The molecule has 0 aromatic carbocycles. The molecule has 0 saturated carbocycles. The van der Waals surface area contributed by atoms with Crippen LogP contribution in [0.15, 0.2) is 0 Å². The van der Waals surface area contributed by atoms with Gasteiger partial charge in [0.25, 0.3) is 0 Å². The molecule has 0 aromatic heterocycles. The Morgan fingerprint density at radius 1 is 0.885 bits per heavy atom. The fraction of sp³-hybridized carbons (Fsp3) is 0.900. The highest BCUT2D eigenvalue weighted by molar-refractivity contribution is 5.73. The number of hydrogen-bond donors (Lipinski definition) is 2. The molecule has 1 aliphatic rings. The third-order valence-corrected chi connectivity index (χ3v) is 4.83. The van der Waals surface area contributed by atoms with Gasteiger partial charge in [-0.3, -0.25) is 4.79 Å². The maximum absolute atomic E-state index is 11.7. The topological polar surface area (TPSA) is 93.1 Å².